The molecule has 2 aromatic carbocycles. The van der Waals surface area contributed by atoms with Crippen LogP contribution in [0, 0.1) is 28.6 Å². The van der Waals surface area contributed by atoms with E-state index in [1.54, 1.807) is 13.0 Å². The number of fused-ring (bicyclic) bond motifs is 6. The molecule has 0 spiro atoms. The number of nitrogens with one attached hydrogen (secondary N) is 1. The van der Waals surface area contributed by atoms with Crippen LogP contribution in [-0.4, -0.2) is 63.4 Å². The van der Waals surface area contributed by atoms with Crippen LogP contribution < -0.4 is 10.1 Å². The predicted molar refractivity (Wildman–Crippen MR) is 187 cm³/mol. The van der Waals surface area contributed by atoms with Gasteiger partial charge >= 0.3 is 0 Å². The van der Waals surface area contributed by atoms with Crippen LogP contribution in [0.2, 0.25) is 0 Å². The molecule has 4 aliphatic carbocycles. The SMILES string of the molecule is C[C@H]1[C@H](O)[C@@H](O)[C@H](Oc2ccc3c(c2)[C@@]2(C)CCC[C@](C)(C(=O)NC(=O)[C@@]4(C)CCC[C@]5(C)c6cc(O)ccc6CC[C@@H]45)[C@@H]2CC3)O[C@@H]1CO. The lowest BCUT2D eigenvalue weighted by Crippen LogP contribution is -2.60. The molecule has 3 fully saturated rings. The van der Waals surface area contributed by atoms with Gasteiger partial charge in [0.25, 0.3) is 0 Å². The molecule has 11 atom stereocenters. The fraction of sp³-hybridized carbons (Fsp3) is 0.659. The third-order valence-corrected chi connectivity index (χ3v) is 14.4. The summed E-state index contributed by atoms with van der Waals surface area (Å²) >= 11 is 0. The Labute approximate surface area is 295 Å². The first-order valence-corrected chi connectivity index (χ1v) is 18.8. The molecule has 1 saturated heterocycles. The van der Waals surface area contributed by atoms with Crippen molar-refractivity contribution < 1.29 is 39.5 Å². The maximum absolute atomic E-state index is 14.5. The number of hydrogen-bond donors (Lipinski definition) is 5. The molecular formula is C41H55NO8. The molecule has 0 unspecified atom stereocenters. The number of benzene rings is 2. The topological polar surface area (TPSA) is 146 Å². The van der Waals surface area contributed by atoms with Gasteiger partial charge < -0.3 is 29.9 Å². The summed E-state index contributed by atoms with van der Waals surface area (Å²) in [6.07, 6.45) is 4.14. The van der Waals surface area contributed by atoms with Gasteiger partial charge in [-0.15, -0.1) is 0 Å². The van der Waals surface area contributed by atoms with E-state index in [0.29, 0.717) is 12.2 Å². The smallest absolute Gasteiger partial charge is 0.232 e. The van der Waals surface area contributed by atoms with Gasteiger partial charge in [0.2, 0.25) is 18.1 Å². The molecule has 2 amide bonds. The lowest BCUT2D eigenvalue weighted by molar-refractivity contribution is -0.261. The van der Waals surface area contributed by atoms with Crippen molar-refractivity contribution in [2.24, 2.45) is 28.6 Å². The lowest BCUT2D eigenvalue weighted by atomic mass is 9.49. The van der Waals surface area contributed by atoms with E-state index < -0.39 is 41.3 Å². The monoisotopic (exact) mass is 689 g/mol. The first-order valence-electron chi connectivity index (χ1n) is 18.8. The van der Waals surface area contributed by atoms with E-state index in [2.05, 4.69) is 19.2 Å². The Morgan fingerprint density at radius 1 is 0.820 bits per heavy atom. The molecule has 0 radical (unpaired) electrons. The molecule has 0 bridgehead atoms. The number of imide groups is 1. The average Bonchev–Trinajstić information content (AvgIpc) is 3.08. The van der Waals surface area contributed by atoms with Gasteiger partial charge in [0.1, 0.15) is 17.6 Å². The third kappa shape index (κ3) is 5.41. The number of carbonyl (C=O) groups is 2. The molecule has 1 heterocycles. The highest BCUT2D eigenvalue weighted by Crippen LogP contribution is 2.60. The zero-order valence-electron chi connectivity index (χ0n) is 30.2. The summed E-state index contributed by atoms with van der Waals surface area (Å²) in [6.45, 7) is 9.99. The first kappa shape index (κ1) is 35.4. The molecule has 9 heteroatoms. The minimum atomic E-state index is -1.27. The van der Waals surface area contributed by atoms with Crippen molar-refractivity contribution in [3.63, 3.8) is 0 Å². The lowest BCUT2D eigenvalue weighted by Gasteiger charge is -2.56. The average molecular weight is 690 g/mol. The number of phenolic OH excluding ortho intramolecular Hbond substituents is 1. The van der Waals surface area contributed by atoms with E-state index in [-0.39, 0.29) is 46.8 Å². The van der Waals surface area contributed by atoms with Gasteiger partial charge in [-0.1, -0.05) is 59.6 Å². The van der Waals surface area contributed by atoms with Crippen LogP contribution in [0.25, 0.3) is 0 Å². The Bertz CT molecular complexity index is 1660. The van der Waals surface area contributed by atoms with Crippen LogP contribution in [0.15, 0.2) is 36.4 Å². The van der Waals surface area contributed by atoms with Gasteiger partial charge in [0.05, 0.1) is 29.6 Å². The number of aromatic hydroxyl groups is 1. The van der Waals surface area contributed by atoms with Gasteiger partial charge in [-0.25, -0.2) is 0 Å². The normalized spacial score (nSPS) is 40.8. The van der Waals surface area contributed by atoms with E-state index in [4.69, 9.17) is 9.47 Å². The third-order valence-electron chi connectivity index (χ3n) is 14.4. The van der Waals surface area contributed by atoms with Crippen molar-refractivity contribution in [1.29, 1.82) is 0 Å². The van der Waals surface area contributed by atoms with Crippen LogP contribution in [-0.2, 0) is 38.0 Å². The van der Waals surface area contributed by atoms with Crippen molar-refractivity contribution >= 4 is 11.8 Å². The summed E-state index contributed by atoms with van der Waals surface area (Å²) in [7, 11) is 0. The highest BCUT2D eigenvalue weighted by atomic mass is 16.7. The molecular weight excluding hydrogens is 634 g/mol. The van der Waals surface area contributed by atoms with E-state index in [1.807, 2.05) is 44.2 Å². The quantitative estimate of drug-likeness (QED) is 0.269. The molecule has 2 saturated carbocycles. The number of aryl methyl sites for hydroxylation is 2. The molecule has 50 heavy (non-hydrogen) atoms. The minimum absolute atomic E-state index is 0.00813. The number of amides is 2. The van der Waals surface area contributed by atoms with Gasteiger partial charge in [0.15, 0.2) is 0 Å². The van der Waals surface area contributed by atoms with Crippen molar-refractivity contribution in [1.82, 2.24) is 5.32 Å². The van der Waals surface area contributed by atoms with Crippen LogP contribution >= 0.6 is 0 Å². The van der Waals surface area contributed by atoms with Crippen molar-refractivity contribution in [3.05, 3.63) is 58.7 Å². The fourth-order valence-electron chi connectivity index (χ4n) is 11.4. The van der Waals surface area contributed by atoms with Crippen molar-refractivity contribution in [2.45, 2.75) is 134 Å². The summed E-state index contributed by atoms with van der Waals surface area (Å²) in [5.74, 6) is -0.0160. The number of aliphatic hydroxyl groups excluding tert-OH is 3. The van der Waals surface area contributed by atoms with E-state index in [1.165, 1.54) is 11.1 Å². The molecule has 0 aromatic heterocycles. The molecule has 7 rings (SSSR count). The minimum Gasteiger partial charge on any atom is -0.508 e. The zero-order chi connectivity index (χ0) is 35.8. The Kier molecular flexibility index (Phi) is 8.93. The highest BCUT2D eigenvalue weighted by Gasteiger charge is 2.58. The largest absolute Gasteiger partial charge is 0.508 e. The second-order valence-electron chi connectivity index (χ2n) is 17.2. The number of rotatable bonds is 5. The molecule has 5 N–H and O–H groups in total. The zero-order valence-corrected chi connectivity index (χ0v) is 30.2. The number of hydrogen-bond acceptors (Lipinski definition) is 8. The summed E-state index contributed by atoms with van der Waals surface area (Å²) in [5.41, 5.74) is 2.61. The van der Waals surface area contributed by atoms with Crippen LogP contribution in [0.1, 0.15) is 108 Å². The van der Waals surface area contributed by atoms with Crippen LogP contribution in [0.4, 0.5) is 0 Å². The van der Waals surface area contributed by atoms with E-state index in [0.717, 1.165) is 68.9 Å². The van der Waals surface area contributed by atoms with Crippen molar-refractivity contribution in [3.8, 4) is 11.5 Å². The molecule has 2 aromatic rings. The summed E-state index contributed by atoms with van der Waals surface area (Å²) in [5, 5.41) is 44.5. The molecule has 5 aliphatic rings. The second kappa shape index (κ2) is 12.6. The standard InChI is InChI=1S/C41H55NO8/c1-23-30(22-43)50-35(34(46)33(23)45)49-27-13-9-25-11-15-32-39(3,29(25)21-27)17-7-19-41(32,5)37(48)42-36(47)40(4)18-6-16-38(2)28-20-26(44)12-8-24(28)10-14-31(38)40/h8-9,12-13,20-21,23,30-35,43-46H,6-7,10-11,14-19,22H2,1-5H3,(H,42,47,48)/t23-,30-,31-,32-,33+,34-,35-,38-,39-,40+,41+/m1/s1. The van der Waals surface area contributed by atoms with E-state index >= 15 is 0 Å². The number of aliphatic hydroxyl groups is 3. The van der Waals surface area contributed by atoms with Crippen LogP contribution in [0.3, 0.4) is 0 Å². The number of ether oxygens (including phenoxy) is 2. The maximum Gasteiger partial charge on any atom is 0.232 e. The van der Waals surface area contributed by atoms with Gasteiger partial charge in [0, 0.05) is 5.92 Å². The first-order chi connectivity index (χ1) is 23.7. The highest BCUT2D eigenvalue weighted by molar-refractivity contribution is 6.00. The Morgan fingerprint density at radius 3 is 1.92 bits per heavy atom. The van der Waals surface area contributed by atoms with Gasteiger partial charge in [-0.05, 0) is 121 Å². The van der Waals surface area contributed by atoms with Gasteiger partial charge in [-0.2, -0.15) is 0 Å². The van der Waals surface area contributed by atoms with E-state index in [9.17, 15) is 30.0 Å². The number of carbonyl (C=O) groups excluding carboxylic acids is 2. The summed E-state index contributed by atoms with van der Waals surface area (Å²) in [6, 6.07) is 11.5. The Hall–Kier alpha value is -2.98. The second-order valence-corrected chi connectivity index (χ2v) is 17.2. The molecule has 272 valence electrons. The Balaban J connectivity index is 1.12. The molecule has 9 nitrogen and oxygen atoms in total. The molecule has 1 aliphatic heterocycles. The fourth-order valence-corrected chi connectivity index (χ4v) is 11.4. The summed E-state index contributed by atoms with van der Waals surface area (Å²) < 4.78 is 12.0. The summed E-state index contributed by atoms with van der Waals surface area (Å²) in [4.78, 5) is 28.9. The van der Waals surface area contributed by atoms with Gasteiger partial charge in [-0.3, -0.25) is 14.9 Å². The number of phenols is 1. The Morgan fingerprint density at radius 2 is 1.36 bits per heavy atom. The van der Waals surface area contributed by atoms with Crippen LogP contribution in [0.5, 0.6) is 11.5 Å². The maximum atomic E-state index is 14.5. The predicted octanol–water partition coefficient (Wildman–Crippen LogP) is 5.21. The van der Waals surface area contributed by atoms with Crippen molar-refractivity contribution in [2.75, 3.05) is 6.61 Å².